The molecule has 0 aliphatic heterocycles. The van der Waals surface area contributed by atoms with Crippen molar-refractivity contribution in [2.75, 3.05) is 11.1 Å². The Morgan fingerprint density at radius 3 is 2.57 bits per heavy atom. The van der Waals surface area contributed by atoms with Crippen LogP contribution in [-0.2, 0) is 4.79 Å². The monoisotopic (exact) mass is 437 g/mol. The SMILES string of the molecule is Cc1cccc(NC(=O)CSc2nnc(-c3ccccc3Cl)n2-n2cccc2)c1C. The third kappa shape index (κ3) is 4.13. The first-order chi connectivity index (χ1) is 14.5. The lowest BCUT2D eigenvalue weighted by atomic mass is 10.1. The average molecular weight is 438 g/mol. The number of hydrogen-bond acceptors (Lipinski definition) is 4. The molecule has 4 aromatic rings. The van der Waals surface area contributed by atoms with E-state index in [1.54, 1.807) is 0 Å². The highest BCUT2D eigenvalue weighted by atomic mass is 35.5. The lowest BCUT2D eigenvalue weighted by Gasteiger charge is -2.12. The lowest BCUT2D eigenvalue weighted by Crippen LogP contribution is -2.16. The van der Waals surface area contributed by atoms with Crippen LogP contribution in [0.4, 0.5) is 5.69 Å². The fourth-order valence-corrected chi connectivity index (χ4v) is 3.99. The number of benzene rings is 2. The second-order valence-corrected chi connectivity index (χ2v) is 8.09. The maximum absolute atomic E-state index is 12.6. The van der Waals surface area contributed by atoms with Gasteiger partial charge in [-0.15, -0.1) is 10.2 Å². The van der Waals surface area contributed by atoms with Crippen molar-refractivity contribution in [3.63, 3.8) is 0 Å². The molecule has 0 aliphatic carbocycles. The molecule has 0 atom stereocenters. The average Bonchev–Trinajstić information content (AvgIpc) is 3.40. The predicted molar refractivity (Wildman–Crippen MR) is 121 cm³/mol. The zero-order valence-electron chi connectivity index (χ0n) is 16.5. The minimum absolute atomic E-state index is 0.102. The van der Waals surface area contributed by atoms with Gasteiger partial charge in [-0.05, 0) is 55.3 Å². The Hall–Kier alpha value is -3.03. The zero-order chi connectivity index (χ0) is 21.1. The van der Waals surface area contributed by atoms with Crippen molar-refractivity contribution >= 4 is 35.0 Å². The minimum Gasteiger partial charge on any atom is -0.325 e. The van der Waals surface area contributed by atoms with Gasteiger partial charge in [0, 0.05) is 23.6 Å². The van der Waals surface area contributed by atoms with E-state index in [0.717, 1.165) is 22.4 Å². The van der Waals surface area contributed by atoms with Crippen molar-refractivity contribution in [2.24, 2.45) is 0 Å². The normalized spacial score (nSPS) is 10.9. The van der Waals surface area contributed by atoms with Gasteiger partial charge in [-0.25, -0.2) is 4.68 Å². The Labute approximate surface area is 183 Å². The molecular formula is C22H20ClN5OS. The number of halogens is 1. The van der Waals surface area contributed by atoms with Crippen LogP contribution in [0.15, 0.2) is 72.1 Å². The summed E-state index contributed by atoms with van der Waals surface area (Å²) in [5.41, 5.74) is 3.79. The summed E-state index contributed by atoms with van der Waals surface area (Å²) in [5.74, 6) is 0.708. The summed E-state index contributed by atoms with van der Waals surface area (Å²) in [4.78, 5) is 12.6. The van der Waals surface area contributed by atoms with E-state index in [-0.39, 0.29) is 11.7 Å². The first-order valence-electron chi connectivity index (χ1n) is 9.37. The van der Waals surface area contributed by atoms with Crippen molar-refractivity contribution < 1.29 is 4.79 Å². The van der Waals surface area contributed by atoms with E-state index in [4.69, 9.17) is 11.6 Å². The quantitative estimate of drug-likeness (QED) is 0.428. The number of thioether (sulfide) groups is 1. The van der Waals surface area contributed by atoms with E-state index in [2.05, 4.69) is 15.5 Å². The van der Waals surface area contributed by atoms with Gasteiger partial charge in [-0.2, -0.15) is 0 Å². The molecule has 2 aromatic heterocycles. The highest BCUT2D eigenvalue weighted by molar-refractivity contribution is 7.99. The molecule has 152 valence electrons. The van der Waals surface area contributed by atoms with Crippen molar-refractivity contribution in [1.82, 2.24) is 19.5 Å². The molecule has 1 N–H and O–H groups in total. The highest BCUT2D eigenvalue weighted by Gasteiger charge is 2.19. The molecule has 0 aliphatic rings. The molecular weight excluding hydrogens is 418 g/mol. The Kier molecular flexibility index (Phi) is 5.92. The fourth-order valence-electron chi connectivity index (χ4n) is 3.04. The van der Waals surface area contributed by atoms with Crippen molar-refractivity contribution in [1.29, 1.82) is 0 Å². The van der Waals surface area contributed by atoms with Gasteiger partial charge in [0.2, 0.25) is 11.1 Å². The standard InChI is InChI=1S/C22H20ClN5OS/c1-15-8-7-11-19(16(15)2)24-20(29)14-30-22-26-25-21(17-9-3-4-10-18(17)23)28(22)27-12-5-6-13-27/h3-13H,14H2,1-2H3,(H,24,29). The van der Waals surface area contributed by atoms with E-state index >= 15 is 0 Å². The van der Waals surface area contributed by atoms with Crippen molar-refractivity contribution in [2.45, 2.75) is 19.0 Å². The minimum atomic E-state index is -0.102. The Balaban J connectivity index is 1.58. The molecule has 0 spiro atoms. The van der Waals surface area contributed by atoms with Crippen LogP contribution in [0, 0.1) is 13.8 Å². The van der Waals surface area contributed by atoms with Crippen LogP contribution in [0.2, 0.25) is 5.02 Å². The van der Waals surface area contributed by atoms with Crippen LogP contribution < -0.4 is 5.32 Å². The van der Waals surface area contributed by atoms with Gasteiger partial charge in [0.15, 0.2) is 5.82 Å². The van der Waals surface area contributed by atoms with E-state index < -0.39 is 0 Å². The molecule has 1 amide bonds. The second kappa shape index (κ2) is 8.77. The van der Waals surface area contributed by atoms with E-state index in [1.807, 2.05) is 90.2 Å². The van der Waals surface area contributed by atoms with E-state index in [9.17, 15) is 4.79 Å². The molecule has 0 fully saturated rings. The summed E-state index contributed by atoms with van der Waals surface area (Å²) >= 11 is 7.70. The fraction of sp³-hybridized carbons (Fsp3) is 0.136. The van der Waals surface area contributed by atoms with Gasteiger partial charge in [-0.3, -0.25) is 9.47 Å². The number of nitrogens with zero attached hydrogens (tertiary/aromatic N) is 4. The molecule has 8 heteroatoms. The molecule has 0 radical (unpaired) electrons. The van der Waals surface area contributed by atoms with Crippen LogP contribution in [0.5, 0.6) is 0 Å². The van der Waals surface area contributed by atoms with Gasteiger partial charge >= 0.3 is 0 Å². The number of carbonyl (C=O) groups is 1. The van der Waals surface area contributed by atoms with Gasteiger partial charge < -0.3 is 5.32 Å². The van der Waals surface area contributed by atoms with Gasteiger partial charge in [-0.1, -0.05) is 47.6 Å². The number of nitrogens with one attached hydrogen (secondary N) is 1. The smallest absolute Gasteiger partial charge is 0.234 e. The van der Waals surface area contributed by atoms with Gasteiger partial charge in [0.05, 0.1) is 10.8 Å². The summed E-state index contributed by atoms with van der Waals surface area (Å²) in [6, 6.07) is 17.2. The summed E-state index contributed by atoms with van der Waals surface area (Å²) in [6.07, 6.45) is 3.79. The number of carbonyl (C=O) groups excluding carboxylic acids is 1. The van der Waals surface area contributed by atoms with Crippen LogP contribution in [0.1, 0.15) is 11.1 Å². The summed E-state index contributed by atoms with van der Waals surface area (Å²) in [7, 11) is 0. The number of anilines is 1. The summed E-state index contributed by atoms with van der Waals surface area (Å²) in [6.45, 7) is 4.02. The number of amides is 1. The summed E-state index contributed by atoms with van der Waals surface area (Å²) < 4.78 is 3.71. The van der Waals surface area contributed by atoms with E-state index in [0.29, 0.717) is 16.0 Å². The van der Waals surface area contributed by atoms with Crippen LogP contribution in [0.3, 0.4) is 0 Å². The lowest BCUT2D eigenvalue weighted by molar-refractivity contribution is -0.113. The number of aryl methyl sites for hydroxylation is 1. The third-order valence-corrected chi connectivity index (χ3v) is 6.01. The molecule has 30 heavy (non-hydrogen) atoms. The Morgan fingerprint density at radius 1 is 1.03 bits per heavy atom. The Bertz CT molecular complexity index is 1190. The molecule has 0 saturated heterocycles. The largest absolute Gasteiger partial charge is 0.325 e. The van der Waals surface area contributed by atoms with Crippen LogP contribution in [0.25, 0.3) is 11.4 Å². The topological polar surface area (TPSA) is 64.7 Å². The molecule has 0 saturated carbocycles. The second-order valence-electron chi connectivity index (χ2n) is 6.75. The molecule has 0 bridgehead atoms. The number of rotatable bonds is 6. The molecule has 2 heterocycles. The highest BCUT2D eigenvalue weighted by Crippen LogP contribution is 2.29. The first kappa shape index (κ1) is 20.3. The van der Waals surface area contributed by atoms with Crippen LogP contribution in [-0.4, -0.2) is 31.2 Å². The van der Waals surface area contributed by atoms with Gasteiger partial charge in [0.1, 0.15) is 0 Å². The summed E-state index contributed by atoms with van der Waals surface area (Å²) in [5, 5.41) is 12.8. The van der Waals surface area contributed by atoms with E-state index in [1.165, 1.54) is 11.8 Å². The number of aromatic nitrogens is 4. The molecule has 4 rings (SSSR count). The van der Waals surface area contributed by atoms with Crippen molar-refractivity contribution in [3.05, 3.63) is 83.1 Å². The third-order valence-electron chi connectivity index (χ3n) is 4.76. The van der Waals surface area contributed by atoms with Crippen molar-refractivity contribution in [3.8, 4) is 11.4 Å². The maximum Gasteiger partial charge on any atom is 0.234 e. The number of hydrogen-bond donors (Lipinski definition) is 1. The zero-order valence-corrected chi connectivity index (χ0v) is 18.1. The molecule has 6 nitrogen and oxygen atoms in total. The molecule has 0 unspecified atom stereocenters. The maximum atomic E-state index is 12.6. The van der Waals surface area contributed by atoms with Gasteiger partial charge in [0.25, 0.3) is 0 Å². The molecule has 2 aromatic carbocycles. The van der Waals surface area contributed by atoms with Crippen LogP contribution >= 0.6 is 23.4 Å². The predicted octanol–water partition coefficient (Wildman–Crippen LogP) is 5.06. The first-order valence-corrected chi connectivity index (χ1v) is 10.7. The Morgan fingerprint density at radius 2 is 1.80 bits per heavy atom.